The molecule has 0 radical (unpaired) electrons. The number of hydrogen-bond donors (Lipinski definition) is 1. The average Bonchev–Trinajstić information content (AvgIpc) is 2.70. The fourth-order valence-electron chi connectivity index (χ4n) is 4.22. The highest BCUT2D eigenvalue weighted by molar-refractivity contribution is 5.40. The zero-order chi connectivity index (χ0) is 10.7. The molecule has 4 atom stereocenters. The van der Waals surface area contributed by atoms with Crippen molar-refractivity contribution in [3.8, 4) is 0 Å². The monoisotopic (exact) mass is 215 g/mol. The molecule has 4 unspecified atom stereocenters. The van der Waals surface area contributed by atoms with E-state index in [1.807, 2.05) is 6.92 Å². The maximum atomic E-state index is 4.30. The minimum Gasteiger partial charge on any atom is -0.367 e. The third-order valence-electron chi connectivity index (χ3n) is 4.85. The molecule has 0 amide bonds. The Morgan fingerprint density at radius 3 is 2.62 bits per heavy atom. The molecule has 1 aromatic rings. The molecule has 1 N–H and O–H groups in total. The Balaban J connectivity index is 1.51. The van der Waals surface area contributed by atoms with Crippen LogP contribution < -0.4 is 5.32 Å². The van der Waals surface area contributed by atoms with Gasteiger partial charge in [0.25, 0.3) is 0 Å². The zero-order valence-corrected chi connectivity index (χ0v) is 9.56. The van der Waals surface area contributed by atoms with Crippen molar-refractivity contribution in [2.45, 2.75) is 32.2 Å². The van der Waals surface area contributed by atoms with E-state index in [1.165, 1.54) is 19.3 Å². The van der Waals surface area contributed by atoms with Crippen LogP contribution in [0.5, 0.6) is 0 Å². The molecule has 0 aromatic carbocycles. The molecular weight excluding hydrogens is 198 g/mol. The maximum absolute atomic E-state index is 4.30. The molecule has 0 spiro atoms. The van der Waals surface area contributed by atoms with Crippen LogP contribution in [0.1, 0.15) is 25.0 Å². The quantitative estimate of drug-likeness (QED) is 0.822. The van der Waals surface area contributed by atoms with Crippen LogP contribution in [-0.4, -0.2) is 16.0 Å². The molecule has 2 bridgehead atoms. The Morgan fingerprint density at radius 2 is 1.94 bits per heavy atom. The Hall–Kier alpha value is -1.12. The molecule has 3 nitrogen and oxygen atoms in total. The van der Waals surface area contributed by atoms with Gasteiger partial charge in [-0.2, -0.15) is 0 Å². The lowest BCUT2D eigenvalue weighted by atomic mass is 10.0. The van der Waals surface area contributed by atoms with E-state index >= 15 is 0 Å². The molecular formula is C13H17N3. The second-order valence-electron chi connectivity index (χ2n) is 5.70. The molecule has 16 heavy (non-hydrogen) atoms. The average molecular weight is 215 g/mol. The van der Waals surface area contributed by atoms with Crippen LogP contribution in [0.15, 0.2) is 12.4 Å². The van der Waals surface area contributed by atoms with Crippen molar-refractivity contribution < 1.29 is 0 Å². The summed E-state index contributed by atoms with van der Waals surface area (Å²) in [5.74, 6) is 5.00. The van der Waals surface area contributed by atoms with Gasteiger partial charge in [0.1, 0.15) is 12.1 Å². The van der Waals surface area contributed by atoms with Gasteiger partial charge in [0.2, 0.25) is 0 Å². The van der Waals surface area contributed by atoms with Crippen LogP contribution in [-0.2, 0) is 0 Å². The number of nitrogens with zero attached hydrogens (tertiary/aromatic N) is 2. The molecule has 4 rings (SSSR count). The second-order valence-corrected chi connectivity index (χ2v) is 5.70. The molecule has 0 aliphatic heterocycles. The standard InChI is InChI=1S/C13H17N3/c1-7-4-10(15-6-14-7)16-13-11-8-2-3-9(5-8)12(11)13/h4,6,8-9,11-13H,2-3,5H2,1H3,(H,14,15,16). The van der Waals surface area contributed by atoms with Crippen molar-refractivity contribution in [2.75, 3.05) is 5.32 Å². The molecule has 0 saturated heterocycles. The van der Waals surface area contributed by atoms with Gasteiger partial charge in [-0.1, -0.05) is 0 Å². The van der Waals surface area contributed by atoms with Gasteiger partial charge in [-0.05, 0) is 49.9 Å². The first-order valence-corrected chi connectivity index (χ1v) is 6.38. The normalized spacial score (nSPS) is 43.2. The fraction of sp³-hybridized carbons (Fsp3) is 0.692. The van der Waals surface area contributed by atoms with Gasteiger partial charge in [-0.3, -0.25) is 0 Å². The molecule has 1 aromatic heterocycles. The number of aromatic nitrogens is 2. The summed E-state index contributed by atoms with van der Waals surface area (Å²) in [7, 11) is 0. The molecule has 3 saturated carbocycles. The number of nitrogens with one attached hydrogen (secondary N) is 1. The van der Waals surface area contributed by atoms with Gasteiger partial charge in [-0.25, -0.2) is 9.97 Å². The van der Waals surface area contributed by atoms with E-state index in [0.717, 1.165) is 41.2 Å². The molecule has 3 fully saturated rings. The van der Waals surface area contributed by atoms with Crippen LogP contribution in [0, 0.1) is 30.6 Å². The number of rotatable bonds is 2. The maximum Gasteiger partial charge on any atom is 0.129 e. The van der Waals surface area contributed by atoms with Crippen molar-refractivity contribution in [2.24, 2.45) is 23.7 Å². The fourth-order valence-corrected chi connectivity index (χ4v) is 4.22. The molecule has 84 valence electrons. The predicted octanol–water partition coefficient (Wildman–Crippen LogP) is 2.24. The smallest absolute Gasteiger partial charge is 0.129 e. The molecule has 1 heterocycles. The summed E-state index contributed by atoms with van der Waals surface area (Å²) in [6, 6.07) is 2.77. The summed E-state index contributed by atoms with van der Waals surface area (Å²) in [5, 5.41) is 3.61. The highest BCUT2D eigenvalue weighted by Gasteiger charge is 2.65. The van der Waals surface area contributed by atoms with Crippen molar-refractivity contribution in [3.63, 3.8) is 0 Å². The van der Waals surface area contributed by atoms with E-state index in [-0.39, 0.29) is 0 Å². The van der Waals surface area contributed by atoms with Crippen LogP contribution in [0.4, 0.5) is 5.82 Å². The summed E-state index contributed by atoms with van der Waals surface area (Å²) >= 11 is 0. The first-order valence-electron chi connectivity index (χ1n) is 6.38. The van der Waals surface area contributed by atoms with Gasteiger partial charge in [-0.15, -0.1) is 0 Å². The van der Waals surface area contributed by atoms with Crippen molar-refractivity contribution in [1.29, 1.82) is 0 Å². The van der Waals surface area contributed by atoms with Gasteiger partial charge >= 0.3 is 0 Å². The van der Waals surface area contributed by atoms with Gasteiger partial charge in [0, 0.05) is 17.8 Å². The largest absolute Gasteiger partial charge is 0.367 e. The first-order chi connectivity index (χ1) is 7.83. The Kier molecular flexibility index (Phi) is 1.66. The summed E-state index contributed by atoms with van der Waals surface area (Å²) < 4.78 is 0. The lowest BCUT2D eigenvalue weighted by Crippen LogP contribution is -2.13. The third-order valence-corrected chi connectivity index (χ3v) is 4.85. The summed E-state index contributed by atoms with van der Waals surface area (Å²) in [4.78, 5) is 8.43. The number of aryl methyl sites for hydroxylation is 1. The Bertz CT molecular complexity index is 415. The number of hydrogen-bond acceptors (Lipinski definition) is 3. The van der Waals surface area contributed by atoms with E-state index in [4.69, 9.17) is 0 Å². The highest BCUT2D eigenvalue weighted by atomic mass is 15.1. The molecule has 3 aliphatic carbocycles. The van der Waals surface area contributed by atoms with Crippen LogP contribution in [0.3, 0.4) is 0 Å². The summed E-state index contributed by atoms with van der Waals surface area (Å²) in [5.41, 5.74) is 1.05. The van der Waals surface area contributed by atoms with Crippen molar-refractivity contribution >= 4 is 5.82 Å². The SMILES string of the molecule is Cc1cc(NC2C3C4CCC(C4)C23)ncn1. The topological polar surface area (TPSA) is 37.8 Å². The van der Waals surface area contributed by atoms with Crippen molar-refractivity contribution in [3.05, 3.63) is 18.1 Å². The van der Waals surface area contributed by atoms with Gasteiger partial charge in [0.15, 0.2) is 0 Å². The second kappa shape index (κ2) is 2.96. The number of anilines is 1. The van der Waals surface area contributed by atoms with E-state index in [0.29, 0.717) is 0 Å². The minimum atomic E-state index is 0.723. The van der Waals surface area contributed by atoms with E-state index in [9.17, 15) is 0 Å². The van der Waals surface area contributed by atoms with Crippen LogP contribution in [0.25, 0.3) is 0 Å². The van der Waals surface area contributed by atoms with Gasteiger partial charge in [0.05, 0.1) is 0 Å². The molecule has 3 heteroatoms. The Labute approximate surface area is 95.7 Å². The van der Waals surface area contributed by atoms with E-state index < -0.39 is 0 Å². The van der Waals surface area contributed by atoms with E-state index in [1.54, 1.807) is 6.33 Å². The lowest BCUT2D eigenvalue weighted by Gasteiger charge is -2.10. The zero-order valence-electron chi connectivity index (χ0n) is 9.56. The third kappa shape index (κ3) is 1.14. The van der Waals surface area contributed by atoms with Crippen LogP contribution in [0.2, 0.25) is 0 Å². The van der Waals surface area contributed by atoms with Crippen LogP contribution >= 0.6 is 0 Å². The number of fused-ring (bicyclic) bond motifs is 5. The first kappa shape index (κ1) is 8.97. The van der Waals surface area contributed by atoms with E-state index in [2.05, 4.69) is 21.4 Å². The summed E-state index contributed by atoms with van der Waals surface area (Å²) in [6.07, 6.45) is 6.13. The lowest BCUT2D eigenvalue weighted by molar-refractivity contribution is 0.456. The van der Waals surface area contributed by atoms with Gasteiger partial charge < -0.3 is 5.32 Å². The van der Waals surface area contributed by atoms with Crippen molar-refractivity contribution in [1.82, 2.24) is 9.97 Å². The predicted molar refractivity (Wildman–Crippen MR) is 62.0 cm³/mol. The molecule has 3 aliphatic rings. The Morgan fingerprint density at radius 1 is 1.19 bits per heavy atom. The summed E-state index contributed by atoms with van der Waals surface area (Å²) in [6.45, 7) is 2.02. The highest BCUT2D eigenvalue weighted by Crippen LogP contribution is 2.66. The minimum absolute atomic E-state index is 0.723.